The van der Waals surface area contributed by atoms with E-state index < -0.39 is 5.82 Å². The van der Waals surface area contributed by atoms with Gasteiger partial charge in [-0.3, -0.25) is 4.68 Å². The highest BCUT2D eigenvalue weighted by Gasteiger charge is 2.22. The van der Waals surface area contributed by atoms with Crippen molar-refractivity contribution in [3.63, 3.8) is 0 Å². The Morgan fingerprint density at radius 2 is 1.67 bits per heavy atom. The number of halogens is 2. The lowest BCUT2D eigenvalue weighted by Gasteiger charge is -2.37. The van der Waals surface area contributed by atoms with Gasteiger partial charge in [0.1, 0.15) is 11.0 Å². The third-order valence-corrected chi connectivity index (χ3v) is 5.63. The molecule has 4 aromatic rings. The molecule has 1 N–H and O–H groups in total. The fourth-order valence-corrected chi connectivity index (χ4v) is 4.42. The first-order valence-corrected chi connectivity index (χ1v) is 10.1. The molecule has 5 nitrogen and oxygen atoms in total. The largest absolute Gasteiger partial charge is 0.368 e. The average Bonchev–Trinajstić information content (AvgIpc) is 3.08. The van der Waals surface area contributed by atoms with Crippen LogP contribution in [-0.2, 0) is 7.05 Å². The maximum Gasteiger partial charge on any atom is 0.151 e. The summed E-state index contributed by atoms with van der Waals surface area (Å²) in [4.78, 5) is 6.72. The lowest BCUT2D eigenvalue weighted by atomic mass is 10.1. The second kappa shape index (κ2) is 7.02. The van der Waals surface area contributed by atoms with Gasteiger partial charge in [-0.05, 0) is 44.2 Å². The first-order valence-electron chi connectivity index (χ1n) is 10.1. The highest BCUT2D eigenvalue weighted by atomic mass is 19.1. The Labute approximate surface area is 173 Å². The van der Waals surface area contributed by atoms with Gasteiger partial charge in [-0.1, -0.05) is 6.07 Å². The summed E-state index contributed by atoms with van der Waals surface area (Å²) in [5.74, 6) is -0.783. The highest BCUT2D eigenvalue weighted by molar-refractivity contribution is 5.88. The number of hydrogen-bond acceptors (Lipinski definition) is 4. The summed E-state index contributed by atoms with van der Waals surface area (Å²) in [6, 6.07) is 11.1. The Balaban J connectivity index is 1.56. The van der Waals surface area contributed by atoms with E-state index in [4.69, 9.17) is 0 Å². The molecule has 2 aromatic heterocycles. The third-order valence-electron chi connectivity index (χ3n) is 5.63. The molecule has 0 spiro atoms. The molecule has 154 valence electrons. The number of aryl methyl sites for hydroxylation is 1. The quantitative estimate of drug-likeness (QED) is 0.540. The minimum absolute atomic E-state index is 0.291. The molecule has 2 atom stereocenters. The van der Waals surface area contributed by atoms with Crippen molar-refractivity contribution >= 4 is 27.5 Å². The number of rotatable bonds is 2. The van der Waals surface area contributed by atoms with Crippen molar-refractivity contribution < 1.29 is 8.78 Å². The van der Waals surface area contributed by atoms with Crippen molar-refractivity contribution in [1.29, 1.82) is 0 Å². The van der Waals surface area contributed by atoms with E-state index in [0.29, 0.717) is 39.8 Å². The fourth-order valence-electron chi connectivity index (χ4n) is 4.42. The van der Waals surface area contributed by atoms with Gasteiger partial charge >= 0.3 is 0 Å². The number of hydrogen-bond donors (Lipinski definition) is 1. The first-order chi connectivity index (χ1) is 14.4. The zero-order valence-corrected chi connectivity index (χ0v) is 17.2. The van der Waals surface area contributed by atoms with Crippen LogP contribution in [0.5, 0.6) is 0 Å². The number of piperazine rings is 1. The number of aromatic nitrogens is 3. The molecule has 1 fully saturated rings. The van der Waals surface area contributed by atoms with Crippen LogP contribution in [-0.4, -0.2) is 39.9 Å². The second-order valence-electron chi connectivity index (χ2n) is 8.27. The lowest BCUT2D eigenvalue weighted by molar-refractivity contribution is 0.407. The Morgan fingerprint density at radius 1 is 0.933 bits per heavy atom. The molecule has 3 heterocycles. The fraction of sp³-hybridized carbons (Fsp3) is 0.304. The zero-order valence-electron chi connectivity index (χ0n) is 17.2. The molecule has 30 heavy (non-hydrogen) atoms. The number of benzene rings is 2. The lowest BCUT2D eigenvalue weighted by Crippen LogP contribution is -2.54. The van der Waals surface area contributed by atoms with Crippen molar-refractivity contribution in [3.8, 4) is 11.3 Å². The van der Waals surface area contributed by atoms with E-state index in [1.54, 1.807) is 24.0 Å². The zero-order chi connectivity index (χ0) is 21.0. The molecule has 1 aliphatic heterocycles. The van der Waals surface area contributed by atoms with E-state index in [-0.39, 0.29) is 5.82 Å². The SMILES string of the molecule is C[C@@H]1CN(c2cc(F)c3nc(-c4cc(F)c5nn(C)cc5c4)ccc3c2)C[C@@H](C)N1. The highest BCUT2D eigenvalue weighted by Crippen LogP contribution is 2.30. The monoisotopic (exact) mass is 407 g/mol. The molecule has 1 aliphatic rings. The van der Waals surface area contributed by atoms with Gasteiger partial charge < -0.3 is 10.2 Å². The van der Waals surface area contributed by atoms with Gasteiger partial charge in [-0.15, -0.1) is 0 Å². The Hall–Kier alpha value is -3.06. The van der Waals surface area contributed by atoms with Gasteiger partial charge in [0.15, 0.2) is 11.6 Å². The van der Waals surface area contributed by atoms with Crippen molar-refractivity contribution in [2.24, 2.45) is 7.05 Å². The van der Waals surface area contributed by atoms with Gasteiger partial charge in [-0.25, -0.2) is 13.8 Å². The van der Waals surface area contributed by atoms with Crippen molar-refractivity contribution in [2.75, 3.05) is 18.0 Å². The molecule has 2 aromatic carbocycles. The van der Waals surface area contributed by atoms with E-state index in [1.165, 1.54) is 6.07 Å². The smallest absolute Gasteiger partial charge is 0.151 e. The molecule has 0 unspecified atom stereocenters. The topological polar surface area (TPSA) is 46.0 Å². The van der Waals surface area contributed by atoms with Crippen LogP contribution < -0.4 is 10.2 Å². The molecule has 0 amide bonds. The van der Waals surface area contributed by atoms with E-state index in [2.05, 4.69) is 34.1 Å². The van der Waals surface area contributed by atoms with Crippen LogP contribution in [0.1, 0.15) is 13.8 Å². The van der Waals surface area contributed by atoms with Gasteiger partial charge in [0, 0.05) is 60.4 Å². The third kappa shape index (κ3) is 3.29. The minimum Gasteiger partial charge on any atom is -0.368 e. The first kappa shape index (κ1) is 18.9. The van der Waals surface area contributed by atoms with Crippen LogP contribution >= 0.6 is 0 Å². The van der Waals surface area contributed by atoms with E-state index in [1.807, 2.05) is 24.3 Å². The summed E-state index contributed by atoms with van der Waals surface area (Å²) in [5, 5.41) is 9.04. The molecule has 0 bridgehead atoms. The van der Waals surface area contributed by atoms with Crippen LogP contribution in [0, 0.1) is 11.6 Å². The van der Waals surface area contributed by atoms with Crippen LogP contribution in [0.15, 0.2) is 42.6 Å². The molecule has 0 saturated carbocycles. The molecule has 0 aliphatic carbocycles. The molecular weight excluding hydrogens is 384 g/mol. The molecule has 7 heteroatoms. The maximum atomic E-state index is 15.0. The number of anilines is 1. The summed E-state index contributed by atoms with van der Waals surface area (Å²) in [5.41, 5.74) is 2.60. The van der Waals surface area contributed by atoms with E-state index in [0.717, 1.165) is 24.2 Å². The molecular formula is C23H23F2N5. The number of nitrogens with one attached hydrogen (secondary N) is 1. The van der Waals surface area contributed by atoms with Gasteiger partial charge in [0.2, 0.25) is 0 Å². The van der Waals surface area contributed by atoms with Crippen molar-refractivity contribution in [1.82, 2.24) is 20.1 Å². The Kier molecular flexibility index (Phi) is 4.43. The summed E-state index contributed by atoms with van der Waals surface area (Å²) in [6.45, 7) is 5.91. The number of fused-ring (bicyclic) bond motifs is 2. The Bertz CT molecular complexity index is 1260. The van der Waals surface area contributed by atoms with Crippen LogP contribution in [0.4, 0.5) is 14.5 Å². The van der Waals surface area contributed by atoms with E-state index in [9.17, 15) is 4.39 Å². The van der Waals surface area contributed by atoms with Crippen LogP contribution in [0.2, 0.25) is 0 Å². The molecule has 5 rings (SSSR count). The van der Waals surface area contributed by atoms with Gasteiger partial charge in [0.05, 0.1) is 5.69 Å². The number of nitrogens with zero attached hydrogens (tertiary/aromatic N) is 4. The second-order valence-corrected chi connectivity index (χ2v) is 8.27. The summed E-state index contributed by atoms with van der Waals surface area (Å²) >= 11 is 0. The van der Waals surface area contributed by atoms with Crippen molar-refractivity contribution in [2.45, 2.75) is 25.9 Å². The molecule has 0 radical (unpaired) electrons. The summed E-state index contributed by atoms with van der Waals surface area (Å²) < 4.78 is 31.1. The minimum atomic E-state index is -0.414. The van der Waals surface area contributed by atoms with E-state index >= 15 is 4.39 Å². The summed E-state index contributed by atoms with van der Waals surface area (Å²) in [7, 11) is 1.75. The van der Waals surface area contributed by atoms with Crippen LogP contribution in [0.3, 0.4) is 0 Å². The van der Waals surface area contributed by atoms with Crippen molar-refractivity contribution in [3.05, 3.63) is 54.2 Å². The average molecular weight is 407 g/mol. The van der Waals surface area contributed by atoms with Gasteiger partial charge in [-0.2, -0.15) is 5.10 Å². The molecule has 1 saturated heterocycles. The van der Waals surface area contributed by atoms with Crippen LogP contribution in [0.25, 0.3) is 33.1 Å². The normalized spacial score (nSPS) is 19.7. The van der Waals surface area contributed by atoms with Gasteiger partial charge in [0.25, 0.3) is 0 Å². The predicted octanol–water partition coefficient (Wildman–Crippen LogP) is 4.25. The number of pyridine rings is 1. The summed E-state index contributed by atoms with van der Waals surface area (Å²) in [6.07, 6.45) is 1.76. The maximum absolute atomic E-state index is 15.0. The Morgan fingerprint density at radius 3 is 2.43 bits per heavy atom. The predicted molar refractivity (Wildman–Crippen MR) is 116 cm³/mol. The standard InChI is InChI=1S/C23H23F2N5/c1-13-10-30(11-14(2)26-13)18-7-15-4-5-21(27-22(15)20(25)9-18)16-6-17-12-29(3)28-23(17)19(24)8-16/h4-9,12-14,26H,10-11H2,1-3H3/t13-,14-/m1/s1.